The van der Waals surface area contributed by atoms with E-state index in [4.69, 9.17) is 15.0 Å². The van der Waals surface area contributed by atoms with E-state index in [1.54, 1.807) is 0 Å². The molecule has 0 saturated heterocycles. The lowest BCUT2D eigenvalue weighted by Gasteiger charge is -2.25. The monoisotopic (exact) mass is 784 g/mol. The fourth-order valence-corrected chi connectivity index (χ4v) is 8.54. The third-order valence-corrected chi connectivity index (χ3v) is 11.6. The van der Waals surface area contributed by atoms with E-state index < -0.39 is 0 Å². The second-order valence-corrected chi connectivity index (χ2v) is 15.6. The summed E-state index contributed by atoms with van der Waals surface area (Å²) in [5.41, 5.74) is 18.4. The van der Waals surface area contributed by atoms with Crippen molar-refractivity contribution in [3.8, 4) is 44.5 Å². The zero-order chi connectivity index (χ0) is 41.1. The Bertz CT molecular complexity index is 3060. The van der Waals surface area contributed by atoms with Crippen LogP contribution >= 0.6 is 0 Å². The highest BCUT2D eigenvalue weighted by atomic mass is 15.2. The third kappa shape index (κ3) is 7.68. The molecule has 2 heterocycles. The van der Waals surface area contributed by atoms with E-state index in [9.17, 15) is 0 Å². The molecule has 1 aliphatic heterocycles. The lowest BCUT2D eigenvalue weighted by atomic mass is 9.85. The SMILES string of the molecule is C/C=C\c1c(C)cc2c(c1-c1ccc(-c3cc(-c4ccc(-c5cnc6ccccc6c5)cc4)cc(C4N=C(c5ccccc5)N=C(c5ccccc5)N4)c3)cc1)CC=CC=C2. The van der Waals surface area contributed by atoms with Crippen LogP contribution in [-0.2, 0) is 6.42 Å². The van der Waals surface area contributed by atoms with Crippen molar-refractivity contribution in [1.82, 2.24) is 10.3 Å². The van der Waals surface area contributed by atoms with Crippen LogP contribution in [0.1, 0.15) is 52.0 Å². The molecule has 1 aromatic heterocycles. The molecule has 0 radical (unpaired) electrons. The number of aliphatic imine (C=N–C) groups is 2. The zero-order valence-corrected chi connectivity index (χ0v) is 34.3. The van der Waals surface area contributed by atoms with E-state index in [0.29, 0.717) is 5.84 Å². The van der Waals surface area contributed by atoms with Crippen LogP contribution in [0.3, 0.4) is 0 Å². The van der Waals surface area contributed by atoms with Gasteiger partial charge in [0, 0.05) is 28.3 Å². The number of benzene rings is 7. The second-order valence-electron chi connectivity index (χ2n) is 15.6. The molecule has 8 aromatic rings. The minimum absolute atomic E-state index is 0.379. The Hall–Kier alpha value is -7.69. The van der Waals surface area contributed by atoms with Crippen LogP contribution in [0.5, 0.6) is 0 Å². The number of rotatable bonds is 8. The molecular formula is C57H44N4. The van der Waals surface area contributed by atoms with Crippen LogP contribution in [0.2, 0.25) is 0 Å². The highest BCUT2D eigenvalue weighted by Crippen LogP contribution is 2.38. The van der Waals surface area contributed by atoms with E-state index in [0.717, 1.165) is 73.2 Å². The van der Waals surface area contributed by atoms with Gasteiger partial charge in [-0.1, -0.05) is 170 Å². The van der Waals surface area contributed by atoms with Crippen LogP contribution in [0, 0.1) is 6.92 Å². The quantitative estimate of drug-likeness (QED) is 0.167. The Kier molecular flexibility index (Phi) is 10.2. The highest BCUT2D eigenvalue weighted by molar-refractivity contribution is 6.13. The fourth-order valence-electron chi connectivity index (χ4n) is 8.54. The van der Waals surface area contributed by atoms with Gasteiger partial charge in [-0.25, -0.2) is 9.98 Å². The number of amidine groups is 2. The first kappa shape index (κ1) is 37.6. The van der Waals surface area contributed by atoms with Gasteiger partial charge in [-0.3, -0.25) is 4.98 Å². The maximum absolute atomic E-state index is 5.28. The second kappa shape index (κ2) is 16.5. The van der Waals surface area contributed by atoms with Gasteiger partial charge in [-0.05, 0) is 117 Å². The van der Waals surface area contributed by atoms with Gasteiger partial charge in [0.1, 0.15) is 12.0 Å². The predicted molar refractivity (Wildman–Crippen MR) is 257 cm³/mol. The van der Waals surface area contributed by atoms with Crippen LogP contribution in [0.4, 0.5) is 0 Å². The standard InChI is InChI=1S/C57H44N4/c1-3-15-51-38(2)32-45-20-11-6-12-22-52(45)54(51)42-30-28-40(29-31-42)48-34-47(39-24-26-41(27-25-39)50-33-46-21-13-14-23-53(46)58-37-50)35-49(36-48)57-60-55(43-16-7-4-8-17-43)59-56(61-57)44-18-9-5-10-19-44/h3-21,23-37,57H,22H2,1-2H3,(H,59,60,61)/b15-3-. The molecule has 0 amide bonds. The van der Waals surface area contributed by atoms with Gasteiger partial charge in [0.2, 0.25) is 0 Å². The Balaban J connectivity index is 1.09. The van der Waals surface area contributed by atoms with E-state index in [2.05, 4.69) is 177 Å². The number of fused-ring (bicyclic) bond motifs is 2. The molecule has 1 N–H and O–H groups in total. The molecule has 0 bridgehead atoms. The number of hydrogen-bond donors (Lipinski definition) is 1. The van der Waals surface area contributed by atoms with Crippen LogP contribution in [-0.4, -0.2) is 16.7 Å². The summed E-state index contributed by atoms with van der Waals surface area (Å²) in [6, 6.07) is 58.2. The summed E-state index contributed by atoms with van der Waals surface area (Å²) >= 11 is 0. The highest BCUT2D eigenvalue weighted by Gasteiger charge is 2.23. The van der Waals surface area contributed by atoms with E-state index in [1.165, 1.54) is 33.4 Å². The van der Waals surface area contributed by atoms with Gasteiger partial charge >= 0.3 is 0 Å². The number of nitrogens with zero attached hydrogens (tertiary/aromatic N) is 3. The number of aromatic nitrogens is 1. The topological polar surface area (TPSA) is 49.6 Å². The van der Waals surface area contributed by atoms with Crippen molar-refractivity contribution in [1.29, 1.82) is 0 Å². The Morgan fingerprint density at radius 1 is 0.590 bits per heavy atom. The molecule has 1 aliphatic carbocycles. The average Bonchev–Trinajstić information content (AvgIpc) is 3.57. The molecule has 0 saturated carbocycles. The lowest BCUT2D eigenvalue weighted by molar-refractivity contribution is 0.674. The largest absolute Gasteiger partial charge is 0.344 e. The number of pyridine rings is 1. The van der Waals surface area contributed by atoms with Gasteiger partial charge in [0.25, 0.3) is 0 Å². The van der Waals surface area contributed by atoms with E-state index in [-0.39, 0.29) is 6.17 Å². The third-order valence-electron chi connectivity index (χ3n) is 11.6. The molecule has 7 aromatic carbocycles. The minimum Gasteiger partial charge on any atom is -0.344 e. The van der Waals surface area contributed by atoms with Gasteiger partial charge < -0.3 is 5.32 Å². The Morgan fingerprint density at radius 3 is 1.93 bits per heavy atom. The summed E-state index contributed by atoms with van der Waals surface area (Å²) < 4.78 is 0. The summed E-state index contributed by atoms with van der Waals surface area (Å²) in [4.78, 5) is 15.1. The average molecular weight is 785 g/mol. The number of para-hydroxylation sites is 1. The molecule has 0 fully saturated rings. The molecule has 61 heavy (non-hydrogen) atoms. The summed E-state index contributed by atoms with van der Waals surface area (Å²) in [5.74, 6) is 1.50. The van der Waals surface area contributed by atoms with Gasteiger partial charge in [0.15, 0.2) is 5.84 Å². The summed E-state index contributed by atoms with van der Waals surface area (Å²) in [6.45, 7) is 4.32. The molecule has 0 spiro atoms. The van der Waals surface area contributed by atoms with Gasteiger partial charge in [-0.2, -0.15) is 0 Å². The molecule has 1 atom stereocenters. The number of aryl methyl sites for hydroxylation is 1. The van der Waals surface area contributed by atoms with Gasteiger partial charge in [-0.15, -0.1) is 0 Å². The van der Waals surface area contributed by atoms with E-state index in [1.807, 2.05) is 48.7 Å². The number of hydrogen-bond acceptors (Lipinski definition) is 4. The maximum Gasteiger partial charge on any atom is 0.159 e. The van der Waals surface area contributed by atoms with Crippen molar-refractivity contribution in [3.05, 3.63) is 233 Å². The molecule has 292 valence electrons. The van der Waals surface area contributed by atoms with E-state index >= 15 is 0 Å². The fraction of sp³-hybridized carbons (Fsp3) is 0.0702. The molecule has 1 unspecified atom stereocenters. The first-order chi connectivity index (χ1) is 30.1. The Morgan fingerprint density at radius 2 is 1.23 bits per heavy atom. The van der Waals surface area contributed by atoms with Crippen molar-refractivity contribution < 1.29 is 0 Å². The van der Waals surface area contributed by atoms with Crippen molar-refractivity contribution in [2.75, 3.05) is 0 Å². The van der Waals surface area contributed by atoms with Crippen molar-refractivity contribution >= 4 is 34.7 Å². The maximum atomic E-state index is 5.28. The lowest BCUT2D eigenvalue weighted by Crippen LogP contribution is -2.33. The molecule has 4 nitrogen and oxygen atoms in total. The Labute approximate surface area is 357 Å². The smallest absolute Gasteiger partial charge is 0.159 e. The normalized spacial score (nSPS) is 14.6. The van der Waals surface area contributed by atoms with Gasteiger partial charge in [0.05, 0.1) is 5.52 Å². The van der Waals surface area contributed by atoms with Crippen LogP contribution in [0.15, 0.2) is 204 Å². The predicted octanol–water partition coefficient (Wildman–Crippen LogP) is 13.9. The van der Waals surface area contributed by atoms with Crippen molar-refractivity contribution in [2.45, 2.75) is 26.4 Å². The van der Waals surface area contributed by atoms with Crippen LogP contribution < -0.4 is 5.32 Å². The molecular weight excluding hydrogens is 741 g/mol. The zero-order valence-electron chi connectivity index (χ0n) is 34.3. The first-order valence-corrected chi connectivity index (χ1v) is 21.0. The molecule has 2 aliphatic rings. The van der Waals surface area contributed by atoms with Crippen molar-refractivity contribution in [3.63, 3.8) is 0 Å². The summed E-state index contributed by atoms with van der Waals surface area (Å²) in [7, 11) is 0. The summed E-state index contributed by atoms with van der Waals surface area (Å²) in [5, 5.41) is 4.84. The minimum atomic E-state index is -0.379. The number of nitrogens with one attached hydrogen (secondary N) is 1. The number of allylic oxidation sites excluding steroid dienone is 4. The summed E-state index contributed by atoms with van der Waals surface area (Å²) in [6.07, 6.45) is 15.7. The first-order valence-electron chi connectivity index (χ1n) is 21.0. The molecule has 10 rings (SSSR count). The van der Waals surface area contributed by atoms with Crippen molar-refractivity contribution in [2.24, 2.45) is 9.98 Å². The van der Waals surface area contributed by atoms with Crippen LogP contribution in [0.25, 0.3) is 67.6 Å². The molecule has 4 heteroatoms.